The zero-order chi connectivity index (χ0) is 16.8. The van der Waals surface area contributed by atoms with Crippen molar-refractivity contribution in [3.8, 4) is 5.82 Å². The zero-order valence-corrected chi connectivity index (χ0v) is 13.2. The van der Waals surface area contributed by atoms with Gasteiger partial charge in [-0.25, -0.2) is 15.0 Å². The molecule has 0 saturated heterocycles. The number of carbonyl (C=O) groups is 1. The average Bonchev–Trinajstić information content (AvgIpc) is 3.14. The van der Waals surface area contributed by atoms with Crippen LogP contribution in [0, 0.1) is 6.92 Å². The minimum atomic E-state index is -0.250. The van der Waals surface area contributed by atoms with Crippen molar-refractivity contribution in [3.63, 3.8) is 0 Å². The van der Waals surface area contributed by atoms with Crippen molar-refractivity contribution in [1.29, 1.82) is 0 Å². The highest BCUT2D eigenvalue weighted by Crippen LogP contribution is 2.08. The average molecular weight is 323 g/mol. The van der Waals surface area contributed by atoms with Gasteiger partial charge < -0.3 is 15.2 Å². The molecule has 2 N–H and O–H groups in total. The molecule has 0 aromatic carbocycles. The van der Waals surface area contributed by atoms with Gasteiger partial charge in [0.15, 0.2) is 0 Å². The van der Waals surface area contributed by atoms with E-state index >= 15 is 0 Å². The van der Waals surface area contributed by atoms with E-state index in [4.69, 9.17) is 0 Å². The molecule has 0 aliphatic rings. The fraction of sp³-hybridized carbons (Fsp3) is 0.188. The molecule has 0 fully saturated rings. The number of carbonyl (C=O) groups excluding carboxylic acids is 1. The maximum Gasteiger partial charge on any atom is 0.271 e. The molecule has 0 spiro atoms. The molecular weight excluding hydrogens is 306 g/mol. The minimum absolute atomic E-state index is 0.250. The van der Waals surface area contributed by atoms with Gasteiger partial charge >= 0.3 is 0 Å². The van der Waals surface area contributed by atoms with E-state index in [1.807, 2.05) is 42.1 Å². The van der Waals surface area contributed by atoms with Gasteiger partial charge in [-0.2, -0.15) is 0 Å². The van der Waals surface area contributed by atoms with Crippen molar-refractivity contribution < 1.29 is 4.79 Å². The van der Waals surface area contributed by atoms with E-state index in [1.165, 1.54) is 12.5 Å². The molecule has 3 heterocycles. The number of rotatable bonds is 6. The van der Waals surface area contributed by atoms with E-state index < -0.39 is 0 Å². The molecule has 3 aromatic rings. The standard InChI is InChI=1S/C16H17N7O/c1-12-9-20-13(10-19-12)16(24)18-5-4-17-14-8-15(22-11-21-14)23-6-2-3-7-23/h2-3,6-11H,4-5H2,1H3,(H,18,24)(H,17,21,22). The molecule has 122 valence electrons. The monoisotopic (exact) mass is 323 g/mol. The molecule has 24 heavy (non-hydrogen) atoms. The van der Waals surface area contributed by atoms with Gasteiger partial charge in [-0.1, -0.05) is 0 Å². The third kappa shape index (κ3) is 3.92. The first-order valence-corrected chi connectivity index (χ1v) is 7.48. The summed E-state index contributed by atoms with van der Waals surface area (Å²) in [6.45, 7) is 2.80. The highest BCUT2D eigenvalue weighted by atomic mass is 16.1. The summed E-state index contributed by atoms with van der Waals surface area (Å²) in [5, 5.41) is 5.93. The van der Waals surface area contributed by atoms with E-state index in [0.29, 0.717) is 24.6 Å². The van der Waals surface area contributed by atoms with E-state index in [2.05, 4.69) is 30.6 Å². The van der Waals surface area contributed by atoms with Crippen LogP contribution >= 0.6 is 0 Å². The molecule has 8 nitrogen and oxygen atoms in total. The third-order valence-corrected chi connectivity index (χ3v) is 3.25. The maximum absolute atomic E-state index is 11.9. The van der Waals surface area contributed by atoms with Crippen LogP contribution in [-0.4, -0.2) is 43.5 Å². The van der Waals surface area contributed by atoms with Gasteiger partial charge in [-0.3, -0.25) is 9.78 Å². The number of hydrogen-bond acceptors (Lipinski definition) is 6. The number of nitrogens with one attached hydrogen (secondary N) is 2. The van der Waals surface area contributed by atoms with E-state index in [-0.39, 0.29) is 5.91 Å². The van der Waals surface area contributed by atoms with Gasteiger partial charge in [0, 0.05) is 37.7 Å². The van der Waals surface area contributed by atoms with Crippen LogP contribution in [0.2, 0.25) is 0 Å². The molecule has 0 unspecified atom stereocenters. The molecule has 0 atom stereocenters. The van der Waals surface area contributed by atoms with Crippen molar-refractivity contribution in [2.45, 2.75) is 6.92 Å². The Bertz CT molecular complexity index is 800. The molecule has 0 bridgehead atoms. The Morgan fingerprint density at radius 2 is 1.92 bits per heavy atom. The van der Waals surface area contributed by atoms with Crippen LogP contribution in [0.25, 0.3) is 5.82 Å². The number of anilines is 1. The lowest BCUT2D eigenvalue weighted by Gasteiger charge is -2.08. The Morgan fingerprint density at radius 1 is 1.08 bits per heavy atom. The molecule has 8 heteroatoms. The molecule has 3 rings (SSSR count). The van der Waals surface area contributed by atoms with Gasteiger partial charge in [-0.15, -0.1) is 0 Å². The van der Waals surface area contributed by atoms with Crippen LogP contribution < -0.4 is 10.6 Å². The topological polar surface area (TPSA) is 97.6 Å². The maximum atomic E-state index is 11.9. The second-order valence-electron chi connectivity index (χ2n) is 5.08. The Hall–Kier alpha value is -3.29. The lowest BCUT2D eigenvalue weighted by atomic mass is 10.4. The number of aromatic nitrogens is 5. The molecular formula is C16H17N7O. The summed E-state index contributed by atoms with van der Waals surface area (Å²) in [6.07, 6.45) is 8.35. The lowest BCUT2D eigenvalue weighted by Crippen LogP contribution is -2.29. The molecule has 1 amide bonds. The van der Waals surface area contributed by atoms with E-state index in [9.17, 15) is 4.79 Å². The van der Waals surface area contributed by atoms with Crippen molar-refractivity contribution in [2.24, 2.45) is 0 Å². The highest BCUT2D eigenvalue weighted by Gasteiger charge is 2.06. The summed E-state index contributed by atoms with van der Waals surface area (Å²) in [5.74, 6) is 1.22. The lowest BCUT2D eigenvalue weighted by molar-refractivity contribution is 0.0950. The number of hydrogen-bond donors (Lipinski definition) is 2. The van der Waals surface area contributed by atoms with Crippen molar-refractivity contribution in [3.05, 3.63) is 60.7 Å². The zero-order valence-electron chi connectivity index (χ0n) is 13.2. The quantitative estimate of drug-likeness (QED) is 0.662. The van der Waals surface area contributed by atoms with Crippen LogP contribution in [0.15, 0.2) is 49.3 Å². The van der Waals surface area contributed by atoms with Gasteiger partial charge in [0.1, 0.15) is 23.7 Å². The second-order valence-corrected chi connectivity index (χ2v) is 5.08. The van der Waals surface area contributed by atoms with Crippen LogP contribution in [0.5, 0.6) is 0 Å². The van der Waals surface area contributed by atoms with Gasteiger partial charge in [-0.05, 0) is 19.1 Å². The first-order valence-electron chi connectivity index (χ1n) is 7.48. The molecule has 0 radical (unpaired) electrons. The summed E-state index contributed by atoms with van der Waals surface area (Å²) in [4.78, 5) is 28.4. The minimum Gasteiger partial charge on any atom is -0.368 e. The predicted octanol–water partition coefficient (Wildman–Crippen LogP) is 1.21. The molecule has 0 saturated carbocycles. The summed E-state index contributed by atoms with van der Waals surface area (Å²) in [7, 11) is 0. The number of nitrogens with zero attached hydrogens (tertiary/aromatic N) is 5. The smallest absolute Gasteiger partial charge is 0.271 e. The summed E-state index contributed by atoms with van der Waals surface area (Å²) in [6, 6.07) is 5.70. The van der Waals surface area contributed by atoms with Crippen molar-refractivity contribution in [2.75, 3.05) is 18.4 Å². The van der Waals surface area contributed by atoms with E-state index in [1.54, 1.807) is 6.20 Å². The van der Waals surface area contributed by atoms with Gasteiger partial charge in [0.2, 0.25) is 0 Å². The highest BCUT2D eigenvalue weighted by molar-refractivity contribution is 5.91. The first kappa shape index (κ1) is 15.6. The summed E-state index contributed by atoms with van der Waals surface area (Å²) >= 11 is 0. The third-order valence-electron chi connectivity index (χ3n) is 3.25. The molecule has 3 aromatic heterocycles. The molecule has 0 aliphatic heterocycles. The van der Waals surface area contributed by atoms with Gasteiger partial charge in [0.25, 0.3) is 5.91 Å². The molecule has 0 aliphatic carbocycles. The van der Waals surface area contributed by atoms with Crippen LogP contribution in [0.4, 0.5) is 5.82 Å². The Kier molecular flexibility index (Phi) is 4.76. The largest absolute Gasteiger partial charge is 0.368 e. The first-order chi connectivity index (χ1) is 11.7. The number of aryl methyl sites for hydroxylation is 1. The van der Waals surface area contributed by atoms with E-state index in [0.717, 1.165) is 11.5 Å². The Morgan fingerprint density at radius 3 is 2.67 bits per heavy atom. The summed E-state index contributed by atoms with van der Waals surface area (Å²) in [5.41, 5.74) is 1.08. The fourth-order valence-corrected chi connectivity index (χ4v) is 2.04. The number of amides is 1. The SMILES string of the molecule is Cc1cnc(C(=O)NCCNc2cc(-n3cccc3)ncn2)cn1. The predicted molar refractivity (Wildman–Crippen MR) is 89.0 cm³/mol. The summed E-state index contributed by atoms with van der Waals surface area (Å²) < 4.78 is 1.89. The normalized spacial score (nSPS) is 10.4. The van der Waals surface area contributed by atoms with Gasteiger partial charge in [0.05, 0.1) is 11.9 Å². The van der Waals surface area contributed by atoms with Crippen LogP contribution in [-0.2, 0) is 0 Å². The van der Waals surface area contributed by atoms with Crippen molar-refractivity contribution in [1.82, 2.24) is 29.8 Å². The van der Waals surface area contributed by atoms with Crippen LogP contribution in [0.1, 0.15) is 16.2 Å². The van der Waals surface area contributed by atoms with Crippen molar-refractivity contribution >= 4 is 11.7 Å². The fourth-order valence-electron chi connectivity index (χ4n) is 2.04. The second kappa shape index (κ2) is 7.32. The Labute approximate surface area is 139 Å². The Balaban J connectivity index is 1.49. The van der Waals surface area contributed by atoms with Crippen LogP contribution in [0.3, 0.4) is 0 Å².